The van der Waals surface area contributed by atoms with Crippen LogP contribution in [0, 0.1) is 0 Å². The Morgan fingerprint density at radius 3 is 2.67 bits per heavy atom. The second-order valence-electron chi connectivity index (χ2n) is 3.44. The minimum Gasteiger partial charge on any atom is -0.490 e. The summed E-state index contributed by atoms with van der Waals surface area (Å²) in [4.78, 5) is 11.3. The van der Waals surface area contributed by atoms with Crippen LogP contribution in [0.4, 0.5) is 8.78 Å². The Bertz CT molecular complexity index is 410. The third-order valence-corrected chi connectivity index (χ3v) is 2.70. The van der Waals surface area contributed by atoms with Crippen molar-refractivity contribution >= 4 is 21.7 Å². The number of carbonyl (C=O) groups is 1. The lowest BCUT2D eigenvalue weighted by Crippen LogP contribution is -2.07. The van der Waals surface area contributed by atoms with Crippen LogP contribution >= 0.6 is 15.9 Å². The molecule has 0 N–H and O–H groups in total. The van der Waals surface area contributed by atoms with Gasteiger partial charge in [0.25, 0.3) is 0 Å². The lowest BCUT2D eigenvalue weighted by atomic mass is 10.1. The summed E-state index contributed by atoms with van der Waals surface area (Å²) in [5.74, 6) is 0.194. The molecule has 3 nitrogen and oxygen atoms in total. The summed E-state index contributed by atoms with van der Waals surface area (Å²) in [6.45, 7) is -0.836. The van der Waals surface area contributed by atoms with Crippen LogP contribution in [0.25, 0.3) is 0 Å². The lowest BCUT2D eigenvalue weighted by molar-refractivity contribution is -0.115. The molecule has 0 aliphatic carbocycles. The first-order chi connectivity index (χ1) is 8.56. The summed E-state index contributed by atoms with van der Waals surface area (Å²) in [6, 6.07) is 4.50. The number of benzene rings is 1. The van der Waals surface area contributed by atoms with E-state index in [9.17, 15) is 13.6 Å². The van der Waals surface area contributed by atoms with Crippen LogP contribution in [0.15, 0.2) is 18.2 Å². The minimum atomic E-state index is -2.90. The molecule has 100 valence electrons. The third-order valence-electron chi connectivity index (χ3n) is 2.07. The van der Waals surface area contributed by atoms with Gasteiger partial charge >= 0.3 is 6.61 Å². The van der Waals surface area contributed by atoms with E-state index in [1.54, 1.807) is 19.1 Å². The molecule has 0 fully saturated rings. The molecule has 0 bridgehead atoms. The zero-order valence-electron chi connectivity index (χ0n) is 9.79. The smallest absolute Gasteiger partial charge is 0.387 e. The predicted molar refractivity (Wildman–Crippen MR) is 66.7 cm³/mol. The van der Waals surface area contributed by atoms with Gasteiger partial charge in [-0.3, -0.25) is 4.79 Å². The number of alkyl halides is 3. The number of Topliss-reactive ketones (excluding diaryl/α,β-unsaturated/α-hetero) is 1. The molecule has 18 heavy (non-hydrogen) atoms. The van der Waals surface area contributed by atoms with Crippen LogP contribution in [0.3, 0.4) is 0 Å². The highest BCUT2D eigenvalue weighted by Gasteiger charge is 2.12. The highest BCUT2D eigenvalue weighted by molar-refractivity contribution is 9.09. The molecule has 0 aliphatic rings. The quantitative estimate of drug-likeness (QED) is 0.723. The number of halogens is 3. The molecule has 0 radical (unpaired) electrons. The summed E-state index contributed by atoms with van der Waals surface area (Å²) in [5, 5.41) is 0.256. The van der Waals surface area contributed by atoms with Crippen molar-refractivity contribution in [2.75, 3.05) is 11.9 Å². The Morgan fingerprint density at radius 1 is 1.39 bits per heavy atom. The normalized spacial score (nSPS) is 10.5. The fraction of sp³-hybridized carbons (Fsp3) is 0.417. The van der Waals surface area contributed by atoms with Crippen molar-refractivity contribution in [2.45, 2.75) is 20.0 Å². The number of ether oxygens (including phenoxy) is 2. The number of hydrogen-bond donors (Lipinski definition) is 0. The minimum absolute atomic E-state index is 0.0000218. The van der Waals surface area contributed by atoms with Crippen molar-refractivity contribution in [3.05, 3.63) is 23.8 Å². The summed E-state index contributed by atoms with van der Waals surface area (Å²) >= 11 is 3.06. The highest BCUT2D eigenvalue weighted by Crippen LogP contribution is 2.30. The second kappa shape index (κ2) is 7.31. The summed E-state index contributed by atoms with van der Waals surface area (Å²) in [7, 11) is 0. The van der Waals surface area contributed by atoms with Crippen LogP contribution in [0.1, 0.15) is 12.5 Å². The fourth-order valence-electron chi connectivity index (χ4n) is 1.40. The van der Waals surface area contributed by atoms with Crippen molar-refractivity contribution in [1.29, 1.82) is 0 Å². The molecular formula is C12H13BrF2O3. The molecule has 0 spiro atoms. The summed E-state index contributed by atoms with van der Waals surface area (Å²) in [5.41, 5.74) is 0.699. The van der Waals surface area contributed by atoms with Gasteiger partial charge in [0.2, 0.25) is 0 Å². The van der Waals surface area contributed by atoms with Gasteiger partial charge in [-0.25, -0.2) is 0 Å². The number of hydrogen-bond acceptors (Lipinski definition) is 3. The van der Waals surface area contributed by atoms with Crippen LogP contribution in [0.5, 0.6) is 11.5 Å². The van der Waals surface area contributed by atoms with E-state index >= 15 is 0 Å². The first-order valence-corrected chi connectivity index (χ1v) is 6.47. The number of carbonyl (C=O) groups excluding carboxylic acids is 1. The van der Waals surface area contributed by atoms with E-state index < -0.39 is 6.61 Å². The maximum absolute atomic E-state index is 12.2. The average Bonchev–Trinajstić information content (AvgIpc) is 2.32. The zero-order valence-corrected chi connectivity index (χ0v) is 11.4. The SMILES string of the molecule is CCOc1cc(CC(=O)CBr)ccc1OC(F)F. The molecule has 0 aliphatic heterocycles. The van der Waals surface area contributed by atoms with Crippen molar-refractivity contribution in [3.63, 3.8) is 0 Å². The van der Waals surface area contributed by atoms with Crippen molar-refractivity contribution in [1.82, 2.24) is 0 Å². The van der Waals surface area contributed by atoms with Crippen molar-refractivity contribution in [2.24, 2.45) is 0 Å². The van der Waals surface area contributed by atoms with E-state index in [0.717, 1.165) is 0 Å². The van der Waals surface area contributed by atoms with Crippen molar-refractivity contribution < 1.29 is 23.0 Å². The van der Waals surface area contributed by atoms with Gasteiger partial charge in [-0.15, -0.1) is 0 Å². The van der Waals surface area contributed by atoms with E-state index in [1.165, 1.54) is 6.07 Å². The molecule has 1 aromatic rings. The van der Waals surface area contributed by atoms with E-state index in [0.29, 0.717) is 12.2 Å². The fourth-order valence-corrected chi connectivity index (χ4v) is 1.60. The van der Waals surface area contributed by atoms with Gasteiger partial charge in [-0.2, -0.15) is 8.78 Å². The first-order valence-electron chi connectivity index (χ1n) is 5.35. The molecular weight excluding hydrogens is 310 g/mol. The number of ketones is 1. The monoisotopic (exact) mass is 322 g/mol. The number of rotatable bonds is 7. The summed E-state index contributed by atoms with van der Waals surface area (Å²) in [6.07, 6.45) is 0.223. The average molecular weight is 323 g/mol. The molecule has 0 atom stereocenters. The van der Waals surface area contributed by atoms with Crippen LogP contribution in [-0.4, -0.2) is 24.3 Å². The first kappa shape index (κ1) is 14.9. The molecule has 0 saturated heterocycles. The Kier molecular flexibility index (Phi) is 6.04. The van der Waals surface area contributed by atoms with Gasteiger partial charge in [0, 0.05) is 6.42 Å². The largest absolute Gasteiger partial charge is 0.490 e. The van der Waals surface area contributed by atoms with Crippen LogP contribution in [-0.2, 0) is 11.2 Å². The lowest BCUT2D eigenvalue weighted by Gasteiger charge is -2.12. The molecule has 1 aromatic carbocycles. The van der Waals surface area contributed by atoms with Gasteiger partial charge in [0.05, 0.1) is 11.9 Å². The van der Waals surface area contributed by atoms with Gasteiger partial charge in [-0.05, 0) is 24.6 Å². The van der Waals surface area contributed by atoms with Gasteiger partial charge < -0.3 is 9.47 Å². The molecule has 6 heteroatoms. The third kappa shape index (κ3) is 4.60. The molecule has 0 saturated carbocycles. The predicted octanol–water partition coefficient (Wildman–Crippen LogP) is 3.19. The second-order valence-corrected chi connectivity index (χ2v) is 4.00. The Morgan fingerprint density at radius 2 is 2.11 bits per heavy atom. The van der Waals surface area contributed by atoms with Crippen molar-refractivity contribution in [3.8, 4) is 11.5 Å². The van der Waals surface area contributed by atoms with E-state index in [-0.39, 0.29) is 29.0 Å². The topological polar surface area (TPSA) is 35.5 Å². The van der Waals surface area contributed by atoms with Gasteiger partial charge in [-0.1, -0.05) is 22.0 Å². The summed E-state index contributed by atoms with van der Waals surface area (Å²) < 4.78 is 33.9. The Balaban J connectivity index is 2.91. The molecule has 0 heterocycles. The van der Waals surface area contributed by atoms with E-state index in [1.807, 2.05) is 0 Å². The highest BCUT2D eigenvalue weighted by atomic mass is 79.9. The zero-order chi connectivity index (χ0) is 13.5. The Hall–Kier alpha value is -1.17. The van der Waals surface area contributed by atoms with Crippen LogP contribution in [0.2, 0.25) is 0 Å². The van der Waals surface area contributed by atoms with Gasteiger partial charge in [0.15, 0.2) is 11.5 Å². The van der Waals surface area contributed by atoms with E-state index in [2.05, 4.69) is 20.7 Å². The molecule has 0 amide bonds. The van der Waals surface area contributed by atoms with Crippen LogP contribution < -0.4 is 9.47 Å². The molecule has 0 unspecified atom stereocenters. The maximum atomic E-state index is 12.2. The molecule has 0 aromatic heterocycles. The Labute approximate surface area is 112 Å². The van der Waals surface area contributed by atoms with Gasteiger partial charge in [0.1, 0.15) is 5.78 Å². The standard InChI is InChI=1S/C12H13BrF2O3/c1-2-17-11-6-8(5-9(16)7-13)3-4-10(11)18-12(14)15/h3-4,6,12H,2,5,7H2,1H3. The molecule has 1 rings (SSSR count). The maximum Gasteiger partial charge on any atom is 0.387 e. The van der Waals surface area contributed by atoms with E-state index in [4.69, 9.17) is 4.74 Å².